The normalized spacial score (nSPS) is 13.3. The van der Waals surface area contributed by atoms with Crippen LogP contribution in [0.5, 0.6) is 0 Å². The monoisotopic (exact) mass is 536 g/mol. The summed E-state index contributed by atoms with van der Waals surface area (Å²) >= 11 is 0. The first-order valence-corrected chi connectivity index (χ1v) is 10.2. The van der Waals surface area contributed by atoms with Gasteiger partial charge in [-0.2, -0.15) is 33.4 Å². The number of benzene rings is 2. The molecule has 0 radical (unpaired) electrons. The molecule has 1 aliphatic rings. The molecule has 0 saturated heterocycles. The van der Waals surface area contributed by atoms with Crippen LogP contribution in [0.1, 0.15) is 59.2 Å². The van der Waals surface area contributed by atoms with E-state index in [1.54, 1.807) is 0 Å². The van der Waals surface area contributed by atoms with E-state index in [-0.39, 0.29) is 25.8 Å². The van der Waals surface area contributed by atoms with E-state index in [9.17, 15) is 0 Å². The first-order chi connectivity index (χ1) is 12.8. The first kappa shape index (κ1) is 22.9. The summed E-state index contributed by atoms with van der Waals surface area (Å²) in [4.78, 5) is 0. The van der Waals surface area contributed by atoms with Gasteiger partial charge < -0.3 is 0 Å². The molecule has 1 heteroatoms. The first-order valence-electron chi connectivity index (χ1n) is 10.2. The molecule has 1 unspecified atom stereocenters. The van der Waals surface area contributed by atoms with Crippen molar-refractivity contribution in [1.29, 1.82) is 0 Å². The molecule has 0 amide bonds. The molecule has 0 spiro atoms. The van der Waals surface area contributed by atoms with Crippen molar-refractivity contribution in [3.63, 3.8) is 0 Å². The van der Waals surface area contributed by atoms with Gasteiger partial charge in [0.05, 0.1) is 0 Å². The number of fused-ring (bicyclic) bond motifs is 2. The van der Waals surface area contributed by atoms with Crippen LogP contribution in [-0.2, 0) is 32.3 Å². The van der Waals surface area contributed by atoms with E-state index in [1.165, 1.54) is 61.7 Å². The van der Waals surface area contributed by atoms with Crippen molar-refractivity contribution < 1.29 is 25.8 Å². The summed E-state index contributed by atoms with van der Waals surface area (Å²) in [6.45, 7) is 15.5. The third-order valence-corrected chi connectivity index (χ3v) is 6.65. The molecule has 146 valence electrons. The molecule has 3 aromatic carbocycles. The summed E-state index contributed by atoms with van der Waals surface area (Å²) in [6, 6.07) is 13.3. The molecule has 0 heterocycles. The second-order valence-corrected chi connectivity index (χ2v) is 8.06. The van der Waals surface area contributed by atoms with Crippen LogP contribution in [-0.4, -0.2) is 0 Å². The molecule has 4 rings (SSSR count). The Morgan fingerprint density at radius 3 is 1.96 bits per heavy atom. The molecule has 1 atom stereocenters. The maximum Gasteiger partial charge on any atom is 0 e. The third-order valence-electron chi connectivity index (χ3n) is 6.65. The molecule has 0 aliphatic heterocycles. The molecule has 0 fully saturated rings. The van der Waals surface area contributed by atoms with Crippen LogP contribution < -0.4 is 0 Å². The minimum atomic E-state index is 0. The van der Waals surface area contributed by atoms with E-state index < -0.39 is 0 Å². The van der Waals surface area contributed by atoms with Crippen molar-refractivity contribution in [1.82, 2.24) is 0 Å². The van der Waals surface area contributed by atoms with Gasteiger partial charge in [0, 0.05) is 25.8 Å². The summed E-state index contributed by atoms with van der Waals surface area (Å²) in [7, 11) is 0. The molecule has 0 saturated carbocycles. The van der Waals surface area contributed by atoms with E-state index in [1.807, 2.05) is 0 Å². The van der Waals surface area contributed by atoms with Gasteiger partial charge in [0.25, 0.3) is 0 Å². The molecule has 0 nitrogen and oxygen atoms in total. The van der Waals surface area contributed by atoms with Gasteiger partial charge in [-0.3, -0.25) is 6.08 Å². The fraction of sp³-hybridized carbons (Fsp3) is 0.370. The quantitative estimate of drug-likeness (QED) is 0.235. The number of hydrogen-bond acceptors (Lipinski definition) is 0. The molecule has 0 bridgehead atoms. The van der Waals surface area contributed by atoms with Crippen LogP contribution in [0.25, 0.3) is 16.3 Å². The van der Waals surface area contributed by atoms with Gasteiger partial charge in [-0.05, 0) is 10.8 Å². The van der Waals surface area contributed by atoms with Crippen LogP contribution in [0.15, 0.2) is 36.4 Å². The smallest absolute Gasteiger partial charge is 0 e. The van der Waals surface area contributed by atoms with Crippen LogP contribution in [0.4, 0.5) is 0 Å². The second-order valence-electron chi connectivity index (χ2n) is 8.06. The largest absolute Gasteiger partial charge is 0.268 e. The Morgan fingerprint density at radius 2 is 1.50 bits per heavy atom. The Hall–Kier alpha value is -1.34. The minimum Gasteiger partial charge on any atom is -0.268 e. The minimum absolute atomic E-state index is 0. The van der Waals surface area contributed by atoms with Gasteiger partial charge in [-0.25, -0.2) is 5.57 Å². The summed E-state index contributed by atoms with van der Waals surface area (Å²) in [5, 5.41) is 2.69. The predicted octanol–water partition coefficient (Wildman–Crippen LogP) is 7.57. The van der Waals surface area contributed by atoms with Crippen molar-refractivity contribution in [2.45, 2.75) is 61.3 Å². The van der Waals surface area contributed by atoms with Gasteiger partial charge in [-0.1, -0.05) is 91.1 Å². The van der Waals surface area contributed by atoms with Crippen molar-refractivity contribution >= 4 is 16.3 Å². The Morgan fingerprint density at radius 1 is 0.964 bits per heavy atom. The summed E-state index contributed by atoms with van der Waals surface area (Å²) in [5.41, 5.74) is 11.6. The molecule has 0 aromatic heterocycles. The Kier molecular flexibility index (Phi) is 7.73. The SMILES string of the molecule is CCC(C)C1=[C-]Cc2cc3ccccc3cc21.Cc1c(C)c(C)[c-](C)c1C.[Hf]. The van der Waals surface area contributed by atoms with Gasteiger partial charge in [0.1, 0.15) is 0 Å². The van der Waals surface area contributed by atoms with Crippen LogP contribution in [0.2, 0.25) is 0 Å². The van der Waals surface area contributed by atoms with Gasteiger partial charge in [-0.15, -0.1) is 18.1 Å². The Bertz CT molecular complexity index is 920. The number of hydrogen-bond donors (Lipinski definition) is 0. The van der Waals surface area contributed by atoms with Crippen molar-refractivity contribution in [2.24, 2.45) is 5.92 Å². The average molecular weight is 535 g/mol. The summed E-state index contributed by atoms with van der Waals surface area (Å²) in [5.74, 6) is 0.623. The van der Waals surface area contributed by atoms with Crippen molar-refractivity contribution in [3.05, 3.63) is 81.4 Å². The Labute approximate surface area is 190 Å². The molecule has 0 N–H and O–H groups in total. The molecule has 3 aromatic rings. The molecule has 1 aliphatic carbocycles. The average Bonchev–Trinajstić information content (AvgIpc) is 3.17. The van der Waals surface area contributed by atoms with Crippen LogP contribution >= 0.6 is 0 Å². The van der Waals surface area contributed by atoms with Crippen molar-refractivity contribution in [3.8, 4) is 0 Å². The Balaban J connectivity index is 0.000000221. The van der Waals surface area contributed by atoms with Gasteiger partial charge in [0.2, 0.25) is 0 Å². The molecular formula is C27H32Hf-2. The van der Waals surface area contributed by atoms with E-state index in [0.717, 1.165) is 6.42 Å². The zero-order valence-corrected chi connectivity index (χ0v) is 22.0. The van der Waals surface area contributed by atoms with Gasteiger partial charge in [0.15, 0.2) is 0 Å². The van der Waals surface area contributed by atoms with E-state index >= 15 is 0 Å². The summed E-state index contributed by atoms with van der Waals surface area (Å²) < 4.78 is 0. The fourth-order valence-electron chi connectivity index (χ4n) is 4.02. The molecular weight excluding hydrogens is 503 g/mol. The molecule has 28 heavy (non-hydrogen) atoms. The third kappa shape index (κ3) is 4.30. The van der Waals surface area contributed by atoms with Crippen LogP contribution in [0, 0.1) is 46.6 Å². The van der Waals surface area contributed by atoms with Crippen LogP contribution in [0.3, 0.4) is 0 Å². The number of rotatable bonds is 2. The fourth-order valence-corrected chi connectivity index (χ4v) is 4.02. The van der Waals surface area contributed by atoms with Gasteiger partial charge >= 0.3 is 0 Å². The zero-order chi connectivity index (χ0) is 19.7. The number of allylic oxidation sites excluding steroid dienone is 2. The van der Waals surface area contributed by atoms with E-state index in [4.69, 9.17) is 0 Å². The standard InChI is InChI=1S/C17H17.C10H15.Hf/c1-3-12(2)16-9-8-15-10-13-6-4-5-7-14(13)11-17(15)16;1-6-7(2)9(4)10(5)8(6)3;/h4-7,10-12H,3,8H2,1-2H3;1-5H3;/q2*-1;. The maximum absolute atomic E-state index is 3.56. The van der Waals surface area contributed by atoms with E-state index in [0.29, 0.717) is 5.92 Å². The van der Waals surface area contributed by atoms with Crippen molar-refractivity contribution in [2.75, 3.05) is 0 Å². The zero-order valence-electron chi connectivity index (χ0n) is 18.5. The predicted molar refractivity (Wildman–Crippen MR) is 119 cm³/mol. The second kappa shape index (κ2) is 9.44. The maximum atomic E-state index is 3.56. The topological polar surface area (TPSA) is 0 Å². The van der Waals surface area contributed by atoms with E-state index in [2.05, 4.69) is 90.9 Å². The summed E-state index contributed by atoms with van der Waals surface area (Å²) in [6.07, 6.45) is 5.74.